The zero-order chi connectivity index (χ0) is 8.43. The van der Waals surface area contributed by atoms with E-state index in [1.54, 1.807) is 0 Å². The first-order valence-electron chi connectivity index (χ1n) is 3.99. The lowest BCUT2D eigenvalue weighted by molar-refractivity contribution is -0.143. The fourth-order valence-electron chi connectivity index (χ4n) is 1.64. The van der Waals surface area contributed by atoms with Crippen LogP contribution in [0.25, 0.3) is 0 Å². The number of carboxylic acid groups (broad SMARTS) is 1. The molecule has 0 heterocycles. The van der Waals surface area contributed by atoms with Crippen LogP contribution in [-0.2, 0) is 4.79 Å². The molecular weight excluding hydrogens is 176 g/mol. The van der Waals surface area contributed by atoms with Crippen molar-refractivity contribution < 1.29 is 9.90 Å². The van der Waals surface area contributed by atoms with E-state index in [1.165, 1.54) is 5.57 Å². The van der Waals surface area contributed by atoms with Crippen LogP contribution in [0.3, 0.4) is 0 Å². The first kappa shape index (κ1) is 11.5. The molecule has 1 aliphatic carbocycles. The highest BCUT2D eigenvalue weighted by atomic mass is 35.5. The second-order valence-corrected chi connectivity index (χ2v) is 3.41. The zero-order valence-corrected chi connectivity index (χ0v) is 8.23. The number of aliphatic carboxylic acids is 1. The summed E-state index contributed by atoms with van der Waals surface area (Å²) in [6, 6.07) is 0. The monoisotopic (exact) mass is 190 g/mol. The number of rotatable bonds is 1. The Morgan fingerprint density at radius 1 is 1.67 bits per heavy atom. The number of carbonyl (C=O) groups is 1. The summed E-state index contributed by atoms with van der Waals surface area (Å²) in [5.41, 5.74) is 1.33. The molecule has 0 saturated carbocycles. The van der Waals surface area contributed by atoms with Crippen molar-refractivity contribution >= 4 is 18.4 Å². The predicted octanol–water partition coefficient (Wildman–Crippen LogP) is 2.49. The molecule has 2 nitrogen and oxygen atoms in total. The molecule has 0 bridgehead atoms. The summed E-state index contributed by atoms with van der Waals surface area (Å²) in [5, 5.41) is 8.77. The smallest absolute Gasteiger partial charge is 0.307 e. The molecule has 1 rings (SSSR count). The third kappa shape index (κ3) is 2.52. The van der Waals surface area contributed by atoms with Crippen molar-refractivity contribution in [1.29, 1.82) is 0 Å². The van der Waals surface area contributed by atoms with Crippen LogP contribution in [0.1, 0.15) is 26.7 Å². The van der Waals surface area contributed by atoms with Crippen molar-refractivity contribution in [3.8, 4) is 0 Å². The molecule has 0 aliphatic heterocycles. The number of halogens is 1. The molecule has 0 saturated heterocycles. The van der Waals surface area contributed by atoms with E-state index < -0.39 is 5.97 Å². The van der Waals surface area contributed by atoms with Crippen LogP contribution in [0, 0.1) is 11.8 Å². The normalized spacial score (nSPS) is 28.7. The van der Waals surface area contributed by atoms with Crippen molar-refractivity contribution in [1.82, 2.24) is 0 Å². The van der Waals surface area contributed by atoms with Gasteiger partial charge in [-0.05, 0) is 25.7 Å². The Bertz CT molecular complexity index is 199. The maximum absolute atomic E-state index is 10.6. The molecule has 1 aliphatic rings. The van der Waals surface area contributed by atoms with Gasteiger partial charge in [0.2, 0.25) is 0 Å². The van der Waals surface area contributed by atoms with Crippen LogP contribution < -0.4 is 0 Å². The molecule has 1 N–H and O–H groups in total. The van der Waals surface area contributed by atoms with Gasteiger partial charge in [-0.3, -0.25) is 4.79 Å². The molecule has 0 unspecified atom stereocenters. The number of hydrogen-bond acceptors (Lipinski definition) is 1. The van der Waals surface area contributed by atoms with Crippen LogP contribution in [0.5, 0.6) is 0 Å². The van der Waals surface area contributed by atoms with Gasteiger partial charge in [0.25, 0.3) is 0 Å². The Morgan fingerprint density at radius 3 is 2.67 bits per heavy atom. The van der Waals surface area contributed by atoms with E-state index in [2.05, 4.69) is 6.92 Å². The summed E-state index contributed by atoms with van der Waals surface area (Å²) in [6.45, 7) is 4.07. The van der Waals surface area contributed by atoms with Gasteiger partial charge in [0.05, 0.1) is 5.92 Å². The zero-order valence-electron chi connectivity index (χ0n) is 7.41. The Kier molecular flexibility index (Phi) is 4.32. The van der Waals surface area contributed by atoms with Gasteiger partial charge in [0, 0.05) is 0 Å². The summed E-state index contributed by atoms with van der Waals surface area (Å²) in [4.78, 5) is 10.6. The van der Waals surface area contributed by atoms with E-state index in [-0.39, 0.29) is 18.3 Å². The minimum Gasteiger partial charge on any atom is -0.481 e. The van der Waals surface area contributed by atoms with E-state index >= 15 is 0 Å². The van der Waals surface area contributed by atoms with Gasteiger partial charge in [0.1, 0.15) is 0 Å². The van der Waals surface area contributed by atoms with E-state index in [1.807, 2.05) is 13.0 Å². The molecule has 3 heteroatoms. The van der Waals surface area contributed by atoms with Gasteiger partial charge < -0.3 is 5.11 Å². The highest BCUT2D eigenvalue weighted by molar-refractivity contribution is 5.85. The van der Waals surface area contributed by atoms with E-state index in [9.17, 15) is 4.79 Å². The molecule has 0 aromatic rings. The summed E-state index contributed by atoms with van der Waals surface area (Å²) in [6.07, 6.45) is 3.69. The maximum atomic E-state index is 10.6. The molecule has 70 valence electrons. The Morgan fingerprint density at radius 2 is 2.25 bits per heavy atom. The Balaban J connectivity index is 0.00000121. The first-order chi connectivity index (χ1) is 5.11. The third-order valence-electron chi connectivity index (χ3n) is 2.37. The quantitative estimate of drug-likeness (QED) is 0.645. The van der Waals surface area contributed by atoms with Crippen LogP contribution in [0.4, 0.5) is 0 Å². The number of hydrogen-bond donors (Lipinski definition) is 1. The van der Waals surface area contributed by atoms with E-state index in [4.69, 9.17) is 5.11 Å². The highest BCUT2D eigenvalue weighted by Crippen LogP contribution is 2.28. The van der Waals surface area contributed by atoms with Crippen molar-refractivity contribution in [2.45, 2.75) is 26.7 Å². The van der Waals surface area contributed by atoms with Crippen LogP contribution in [-0.4, -0.2) is 11.1 Å². The summed E-state index contributed by atoms with van der Waals surface area (Å²) in [7, 11) is 0. The molecule has 2 atom stereocenters. The lowest BCUT2D eigenvalue weighted by Gasteiger charge is -2.23. The fraction of sp³-hybridized carbons (Fsp3) is 0.667. The van der Waals surface area contributed by atoms with E-state index in [0.717, 1.165) is 6.42 Å². The molecule has 0 aromatic heterocycles. The second-order valence-electron chi connectivity index (χ2n) is 3.41. The largest absolute Gasteiger partial charge is 0.481 e. The topological polar surface area (TPSA) is 37.3 Å². The van der Waals surface area contributed by atoms with Crippen molar-refractivity contribution in [2.24, 2.45) is 11.8 Å². The van der Waals surface area contributed by atoms with Gasteiger partial charge in [-0.1, -0.05) is 18.6 Å². The Labute approximate surface area is 79.1 Å². The molecule has 0 amide bonds. The second kappa shape index (κ2) is 4.51. The average Bonchev–Trinajstić information content (AvgIpc) is 1.85. The van der Waals surface area contributed by atoms with Gasteiger partial charge >= 0.3 is 5.97 Å². The Hall–Kier alpha value is -0.500. The number of carboxylic acids is 1. The lowest BCUT2D eigenvalue weighted by Crippen LogP contribution is -2.23. The molecule has 0 aromatic carbocycles. The van der Waals surface area contributed by atoms with Gasteiger partial charge in [-0.2, -0.15) is 0 Å². The standard InChI is InChI=1S/C9H14O2.ClH/c1-6-3-4-8(9(10)11)7(2)5-6;/h3,7-8H,4-5H2,1-2H3,(H,10,11);1H/t7-,8-;/m1./s1. The minimum absolute atomic E-state index is 0. The molecule has 12 heavy (non-hydrogen) atoms. The maximum Gasteiger partial charge on any atom is 0.307 e. The SMILES string of the molecule is CC1=CC[C@@H](C(=O)O)[C@H](C)C1.Cl. The van der Waals surface area contributed by atoms with Crippen molar-refractivity contribution in [3.05, 3.63) is 11.6 Å². The third-order valence-corrected chi connectivity index (χ3v) is 2.37. The fourth-order valence-corrected chi connectivity index (χ4v) is 1.64. The summed E-state index contributed by atoms with van der Waals surface area (Å²) >= 11 is 0. The molecular formula is C9H15ClO2. The lowest BCUT2D eigenvalue weighted by atomic mass is 9.81. The molecule has 0 spiro atoms. The van der Waals surface area contributed by atoms with Gasteiger partial charge in [0.15, 0.2) is 0 Å². The molecule has 0 fully saturated rings. The van der Waals surface area contributed by atoms with Crippen LogP contribution in [0.2, 0.25) is 0 Å². The van der Waals surface area contributed by atoms with Gasteiger partial charge in [-0.25, -0.2) is 0 Å². The highest BCUT2D eigenvalue weighted by Gasteiger charge is 2.26. The van der Waals surface area contributed by atoms with Crippen molar-refractivity contribution in [3.63, 3.8) is 0 Å². The summed E-state index contributed by atoms with van der Waals surface area (Å²) in [5.74, 6) is -0.502. The van der Waals surface area contributed by atoms with Crippen molar-refractivity contribution in [2.75, 3.05) is 0 Å². The number of allylic oxidation sites excluding steroid dienone is 2. The first-order valence-corrected chi connectivity index (χ1v) is 3.99. The van der Waals surface area contributed by atoms with E-state index in [0.29, 0.717) is 12.3 Å². The summed E-state index contributed by atoms with van der Waals surface area (Å²) < 4.78 is 0. The van der Waals surface area contributed by atoms with Crippen LogP contribution >= 0.6 is 12.4 Å². The van der Waals surface area contributed by atoms with Crippen LogP contribution in [0.15, 0.2) is 11.6 Å². The predicted molar refractivity (Wildman–Crippen MR) is 50.5 cm³/mol. The minimum atomic E-state index is -0.652. The van der Waals surface area contributed by atoms with Gasteiger partial charge in [-0.15, -0.1) is 12.4 Å². The average molecular weight is 191 g/mol. The molecule has 0 radical (unpaired) electrons.